The zero-order valence-electron chi connectivity index (χ0n) is 9.98. The van der Waals surface area contributed by atoms with E-state index in [4.69, 9.17) is 4.74 Å². The minimum Gasteiger partial charge on any atom is -0.379 e. The van der Waals surface area contributed by atoms with Gasteiger partial charge in [0.25, 0.3) is 0 Å². The Morgan fingerprint density at radius 3 is 3.31 bits per heavy atom. The first-order valence-electron chi connectivity index (χ1n) is 6.25. The van der Waals surface area contributed by atoms with Crippen molar-refractivity contribution in [2.45, 2.75) is 45.2 Å². The normalized spacial score (nSPS) is 20.9. The van der Waals surface area contributed by atoms with Crippen molar-refractivity contribution in [3.63, 3.8) is 0 Å². The fourth-order valence-electron chi connectivity index (χ4n) is 2.00. The van der Waals surface area contributed by atoms with Gasteiger partial charge in [-0.15, -0.1) is 0 Å². The van der Waals surface area contributed by atoms with Crippen LogP contribution >= 0.6 is 0 Å². The highest BCUT2D eigenvalue weighted by molar-refractivity contribution is 5.27. The summed E-state index contributed by atoms with van der Waals surface area (Å²) in [6, 6.07) is 0.427. The molecular formula is C12H21N3O. The van der Waals surface area contributed by atoms with Crippen LogP contribution in [0, 0.1) is 0 Å². The highest BCUT2D eigenvalue weighted by Crippen LogP contribution is 2.13. The van der Waals surface area contributed by atoms with Crippen molar-refractivity contribution in [2.24, 2.45) is 0 Å². The van der Waals surface area contributed by atoms with Crippen LogP contribution in [0.3, 0.4) is 0 Å². The smallest absolute Gasteiger partial charge is 0.203 e. The van der Waals surface area contributed by atoms with Gasteiger partial charge in [-0.25, -0.2) is 4.98 Å². The standard InChI is InChI=1S/C12H21N3O/c1-2-3-7-15-8-6-13-12(15)14-11-5-4-9-16-10-11/h6,8,11H,2-5,7,9-10H2,1H3,(H,13,14). The second-order valence-electron chi connectivity index (χ2n) is 4.36. The molecule has 1 aliphatic heterocycles. The summed E-state index contributed by atoms with van der Waals surface area (Å²) in [4.78, 5) is 4.36. The summed E-state index contributed by atoms with van der Waals surface area (Å²) >= 11 is 0. The molecular weight excluding hydrogens is 202 g/mol. The maximum Gasteiger partial charge on any atom is 0.203 e. The Kier molecular flexibility index (Phi) is 4.22. The van der Waals surface area contributed by atoms with Crippen LogP contribution in [0.15, 0.2) is 12.4 Å². The van der Waals surface area contributed by atoms with E-state index in [1.54, 1.807) is 0 Å². The monoisotopic (exact) mass is 223 g/mol. The van der Waals surface area contributed by atoms with Gasteiger partial charge in [-0.3, -0.25) is 0 Å². The molecule has 1 saturated heterocycles. The fraction of sp³-hybridized carbons (Fsp3) is 0.750. The van der Waals surface area contributed by atoms with Crippen molar-refractivity contribution in [2.75, 3.05) is 18.5 Å². The SMILES string of the molecule is CCCCn1ccnc1NC1CCCOC1. The molecule has 2 heterocycles. The van der Waals surface area contributed by atoms with Crippen LogP contribution in [0.4, 0.5) is 5.95 Å². The van der Waals surface area contributed by atoms with E-state index in [0.717, 1.165) is 32.1 Å². The molecule has 1 aromatic heterocycles. The Bertz CT molecular complexity index is 305. The molecule has 0 spiro atoms. The predicted octanol–water partition coefficient (Wildman–Crippen LogP) is 2.27. The Balaban J connectivity index is 1.89. The Labute approximate surface area is 97.0 Å². The van der Waals surface area contributed by atoms with Gasteiger partial charge in [-0.05, 0) is 19.3 Å². The molecule has 0 saturated carbocycles. The number of hydrogen-bond donors (Lipinski definition) is 1. The second-order valence-corrected chi connectivity index (χ2v) is 4.36. The molecule has 2 rings (SSSR count). The third kappa shape index (κ3) is 2.98. The molecule has 4 heteroatoms. The van der Waals surface area contributed by atoms with Gasteiger partial charge < -0.3 is 14.6 Å². The third-order valence-corrected chi connectivity index (χ3v) is 2.96. The Morgan fingerprint density at radius 1 is 1.62 bits per heavy atom. The van der Waals surface area contributed by atoms with Gasteiger partial charge in [-0.1, -0.05) is 13.3 Å². The molecule has 1 N–H and O–H groups in total. The van der Waals surface area contributed by atoms with Crippen molar-refractivity contribution in [1.82, 2.24) is 9.55 Å². The van der Waals surface area contributed by atoms with E-state index in [-0.39, 0.29) is 0 Å². The molecule has 0 aliphatic carbocycles. The van der Waals surface area contributed by atoms with E-state index in [1.165, 1.54) is 19.3 Å². The van der Waals surface area contributed by atoms with E-state index in [0.29, 0.717) is 6.04 Å². The molecule has 0 aromatic carbocycles. The topological polar surface area (TPSA) is 39.1 Å². The summed E-state index contributed by atoms with van der Waals surface area (Å²) in [6.07, 6.45) is 8.65. The zero-order valence-corrected chi connectivity index (χ0v) is 9.98. The van der Waals surface area contributed by atoms with Crippen LogP contribution in [-0.2, 0) is 11.3 Å². The molecule has 4 nitrogen and oxygen atoms in total. The molecule has 90 valence electrons. The van der Waals surface area contributed by atoms with Gasteiger partial charge in [0.15, 0.2) is 0 Å². The molecule has 16 heavy (non-hydrogen) atoms. The zero-order chi connectivity index (χ0) is 11.2. The lowest BCUT2D eigenvalue weighted by Gasteiger charge is -2.23. The summed E-state index contributed by atoms with van der Waals surface area (Å²) in [5.74, 6) is 0.990. The lowest BCUT2D eigenvalue weighted by Crippen LogP contribution is -2.31. The summed E-state index contributed by atoms with van der Waals surface area (Å²) in [5, 5.41) is 3.47. The fourth-order valence-corrected chi connectivity index (χ4v) is 2.00. The van der Waals surface area contributed by atoms with Gasteiger partial charge in [0.2, 0.25) is 5.95 Å². The number of aryl methyl sites for hydroxylation is 1. The number of hydrogen-bond acceptors (Lipinski definition) is 3. The highest BCUT2D eigenvalue weighted by atomic mass is 16.5. The number of nitrogens with zero attached hydrogens (tertiary/aromatic N) is 2. The molecule has 0 radical (unpaired) electrons. The highest BCUT2D eigenvalue weighted by Gasteiger charge is 2.15. The summed E-state index contributed by atoms with van der Waals surface area (Å²) in [5.41, 5.74) is 0. The summed E-state index contributed by atoms with van der Waals surface area (Å²) in [6.45, 7) is 4.97. The number of unbranched alkanes of at least 4 members (excludes halogenated alkanes) is 1. The van der Waals surface area contributed by atoms with E-state index in [9.17, 15) is 0 Å². The molecule has 1 atom stereocenters. The Hall–Kier alpha value is -1.03. The summed E-state index contributed by atoms with van der Waals surface area (Å²) in [7, 11) is 0. The van der Waals surface area contributed by atoms with E-state index in [1.807, 2.05) is 12.4 Å². The van der Waals surface area contributed by atoms with Crippen LogP contribution in [0.25, 0.3) is 0 Å². The third-order valence-electron chi connectivity index (χ3n) is 2.96. The van der Waals surface area contributed by atoms with Gasteiger partial charge in [0.1, 0.15) is 0 Å². The first-order valence-corrected chi connectivity index (χ1v) is 6.25. The average molecular weight is 223 g/mol. The molecule has 1 fully saturated rings. The lowest BCUT2D eigenvalue weighted by atomic mass is 10.1. The van der Waals surface area contributed by atoms with Crippen LogP contribution in [-0.4, -0.2) is 28.8 Å². The van der Waals surface area contributed by atoms with Crippen molar-refractivity contribution < 1.29 is 4.74 Å². The van der Waals surface area contributed by atoms with Crippen LogP contribution < -0.4 is 5.32 Å². The Morgan fingerprint density at radius 2 is 2.56 bits per heavy atom. The molecule has 0 amide bonds. The molecule has 1 aliphatic rings. The minimum atomic E-state index is 0.427. The number of ether oxygens (including phenoxy) is 1. The van der Waals surface area contributed by atoms with Gasteiger partial charge in [-0.2, -0.15) is 0 Å². The number of anilines is 1. The number of nitrogens with one attached hydrogen (secondary N) is 1. The van der Waals surface area contributed by atoms with Crippen molar-refractivity contribution in [3.05, 3.63) is 12.4 Å². The predicted molar refractivity (Wildman–Crippen MR) is 64.6 cm³/mol. The largest absolute Gasteiger partial charge is 0.379 e. The van der Waals surface area contributed by atoms with E-state index < -0.39 is 0 Å². The quantitative estimate of drug-likeness (QED) is 0.832. The lowest BCUT2D eigenvalue weighted by molar-refractivity contribution is 0.0873. The maximum absolute atomic E-state index is 5.45. The van der Waals surface area contributed by atoms with E-state index >= 15 is 0 Å². The van der Waals surface area contributed by atoms with Gasteiger partial charge in [0, 0.05) is 25.5 Å². The van der Waals surface area contributed by atoms with Crippen molar-refractivity contribution in [1.29, 1.82) is 0 Å². The minimum absolute atomic E-state index is 0.427. The average Bonchev–Trinajstić information content (AvgIpc) is 2.75. The van der Waals surface area contributed by atoms with Crippen molar-refractivity contribution in [3.8, 4) is 0 Å². The number of imidazole rings is 1. The summed E-state index contributed by atoms with van der Waals surface area (Å²) < 4.78 is 7.64. The van der Waals surface area contributed by atoms with E-state index in [2.05, 4.69) is 21.8 Å². The second kappa shape index (κ2) is 5.89. The van der Waals surface area contributed by atoms with Crippen LogP contribution in [0.5, 0.6) is 0 Å². The first-order chi connectivity index (χ1) is 7.90. The first kappa shape index (κ1) is 11.5. The van der Waals surface area contributed by atoms with Crippen LogP contribution in [0.1, 0.15) is 32.6 Å². The van der Waals surface area contributed by atoms with Gasteiger partial charge in [0.05, 0.1) is 12.6 Å². The molecule has 1 aromatic rings. The molecule has 1 unspecified atom stereocenters. The number of aromatic nitrogens is 2. The van der Waals surface area contributed by atoms with Crippen molar-refractivity contribution >= 4 is 5.95 Å². The number of rotatable bonds is 5. The van der Waals surface area contributed by atoms with Crippen LogP contribution in [0.2, 0.25) is 0 Å². The molecule has 0 bridgehead atoms. The maximum atomic E-state index is 5.45. The van der Waals surface area contributed by atoms with Gasteiger partial charge >= 0.3 is 0 Å².